The SMILES string of the molecule is CC1N=C(N(C)C)N(C)C(N(C)CCc2ccoc2)=N1.CC1N=C(N(C)C)NC(=NCCc2ccoc2)N1.CC1N=C(N(C)C)NC(N(C)CCc2ccoc2)=N1.CC1N=C(N)NC(=NCCc2ccoc2)N1.CC1N=C(N)NC(N(C)CCc2ccoc2)=N1.CN=C1NC(=NCCc2ccoc2)NC(C)N1.CN=C1NC(N(C)CCc2ccoc2)=NC(C)N1. The summed E-state index contributed by atoms with van der Waals surface area (Å²) in [6.45, 7) is 19.4. The van der Waals surface area contributed by atoms with Crippen LogP contribution in [0.1, 0.15) is 87.4 Å². The molecule has 0 spiro atoms. The summed E-state index contributed by atoms with van der Waals surface area (Å²) in [4.78, 5) is 77.3. The molecular formula is C83H131N35O7. The van der Waals surface area contributed by atoms with Crippen LogP contribution in [0.15, 0.2) is 231 Å². The van der Waals surface area contributed by atoms with Crippen molar-refractivity contribution >= 4 is 83.4 Å². The first kappa shape index (κ1) is 96.6. The van der Waals surface area contributed by atoms with Crippen molar-refractivity contribution in [3.63, 3.8) is 0 Å². The molecule has 0 saturated carbocycles. The van der Waals surface area contributed by atoms with E-state index in [0.29, 0.717) is 37.5 Å². The van der Waals surface area contributed by atoms with Gasteiger partial charge in [0.05, 0.1) is 93.9 Å². The van der Waals surface area contributed by atoms with E-state index in [1.807, 2.05) is 186 Å². The highest BCUT2D eigenvalue weighted by Gasteiger charge is 2.26. The van der Waals surface area contributed by atoms with Gasteiger partial charge >= 0.3 is 0 Å². The molecule has 14 rings (SSSR count). The van der Waals surface area contributed by atoms with Crippen LogP contribution in [0, 0.1) is 0 Å². The van der Waals surface area contributed by atoms with Crippen molar-refractivity contribution in [3.05, 3.63) is 169 Å². The Kier molecular flexibility index (Phi) is 39.0. The highest BCUT2D eigenvalue weighted by Crippen LogP contribution is 2.14. The van der Waals surface area contributed by atoms with Crippen LogP contribution in [0.4, 0.5) is 0 Å². The van der Waals surface area contributed by atoms with E-state index in [1.165, 1.54) is 22.3 Å². The number of guanidine groups is 14. The lowest BCUT2D eigenvalue weighted by molar-refractivity contribution is 0.411. The summed E-state index contributed by atoms with van der Waals surface area (Å²) in [7, 11) is 25.4. The monoisotopic (exact) mass is 1730 g/mol. The van der Waals surface area contributed by atoms with Gasteiger partial charge in [-0.2, -0.15) is 0 Å². The molecule has 14 heterocycles. The maximum absolute atomic E-state index is 5.66. The largest absolute Gasteiger partial charge is 0.472 e. The summed E-state index contributed by atoms with van der Waals surface area (Å²) < 4.78 is 35.2. The molecule has 0 aromatic carbocycles. The van der Waals surface area contributed by atoms with Gasteiger partial charge in [-0.15, -0.1) is 0 Å². The fraction of sp³-hybridized carbons (Fsp3) is 0.494. The summed E-state index contributed by atoms with van der Waals surface area (Å²) in [6.07, 6.45) is 30.3. The highest BCUT2D eigenvalue weighted by molar-refractivity contribution is 6.04. The molecule has 0 bridgehead atoms. The minimum Gasteiger partial charge on any atom is -0.472 e. The number of furan rings is 7. The van der Waals surface area contributed by atoms with Crippen molar-refractivity contribution in [2.75, 3.05) is 137 Å². The fourth-order valence-corrected chi connectivity index (χ4v) is 12.0. The van der Waals surface area contributed by atoms with Crippen LogP contribution in [-0.2, 0) is 44.9 Å². The highest BCUT2D eigenvalue weighted by atomic mass is 16.3. The number of nitrogens with zero attached hydrogens (tertiary/aromatic N) is 22. The standard InChI is InChI=1S/C14H23N5O.C13H21N5O.2C12H19N5O.2C11H17N5O.C10H15N5O/c1-11-15-13(17(2)3)19(5)14(16-11)18(4)8-6-12-7-9-20-10-12;1-10-14-12(17(2)3)16-13(15-10)18(4)7-5-11-6-8-19-9-11;1-9-14-11(16-12(15-9)17(2)3)13-6-4-10-5-7-18-8-10;1-9-14-11(13-2)16-12(15-9)17(3)6-4-10-5-7-18-8-10;1-8-13-10(12)15-11(14-8)16(2)5-3-9-4-6-17-7-9;1-8-14-10(12-2)16-11(15-8)13-5-3-9-4-6-17-7-9;1-7-13-9(11)15-10(14-7)12-4-2-8-3-5-16-6-8/h7,9-11H,6,8H2,1-5H3;6,8-10H,5,7H2,1-4H3,(H,14,15,16);2*5,7-9H,4,6H2,1-3H3,(H2,13,14,15,16);4,6-8H,3,5H2,1-2H3,(H3,12,13,14,15);4,6-8H,3,5H2,1-2H3,(H3,12,13,14,15,16);3,5-7H,2,4H2,1H3,(H4,11,12,13,14,15). The molecule has 42 nitrogen and oxygen atoms in total. The average Bonchev–Trinajstić information content (AvgIpc) is 1.73. The number of hydrogen-bond donors (Lipinski definition) is 13. The molecule has 7 aliphatic rings. The molecule has 680 valence electrons. The summed E-state index contributed by atoms with van der Waals surface area (Å²) in [5.41, 5.74) is 19.4. The zero-order chi connectivity index (χ0) is 90.2. The summed E-state index contributed by atoms with van der Waals surface area (Å²) in [5.74, 6) is 10.5. The van der Waals surface area contributed by atoms with E-state index in [4.69, 9.17) is 42.4 Å². The van der Waals surface area contributed by atoms with Crippen molar-refractivity contribution in [2.24, 2.45) is 81.4 Å². The fourth-order valence-electron chi connectivity index (χ4n) is 12.0. The molecule has 1 fully saturated rings. The lowest BCUT2D eigenvalue weighted by Crippen LogP contribution is -2.61. The predicted molar refractivity (Wildman–Crippen MR) is 496 cm³/mol. The smallest absolute Gasteiger partial charge is 0.205 e. The molecule has 7 aromatic rings. The number of nitrogens with one attached hydrogen (secondary N) is 11. The van der Waals surface area contributed by atoms with E-state index >= 15 is 0 Å². The van der Waals surface area contributed by atoms with Gasteiger partial charge in [-0.3, -0.25) is 61.8 Å². The predicted octanol–water partition coefficient (Wildman–Crippen LogP) is 4.26. The number of rotatable bonds is 21. The summed E-state index contributed by atoms with van der Waals surface area (Å²) >= 11 is 0. The van der Waals surface area contributed by atoms with Crippen LogP contribution in [0.5, 0.6) is 0 Å². The van der Waals surface area contributed by atoms with Crippen LogP contribution in [-0.4, -0.2) is 303 Å². The maximum Gasteiger partial charge on any atom is 0.205 e. The van der Waals surface area contributed by atoms with Crippen LogP contribution in [0.25, 0.3) is 0 Å². The molecule has 7 aromatic heterocycles. The Morgan fingerprint density at radius 1 is 0.320 bits per heavy atom. The normalized spacial score (nSPS) is 20.7. The number of aliphatic imine (C=N–C) groups is 14. The molecule has 0 radical (unpaired) electrons. The van der Waals surface area contributed by atoms with Crippen molar-refractivity contribution < 1.29 is 30.9 Å². The molecule has 0 aliphatic carbocycles. The van der Waals surface area contributed by atoms with E-state index in [0.717, 1.165) is 153 Å². The second-order valence-electron chi connectivity index (χ2n) is 30.2. The number of hydrogen-bond acceptors (Lipinski definition) is 33. The average molecular weight is 1730 g/mol. The van der Waals surface area contributed by atoms with E-state index in [2.05, 4.69) is 150 Å². The summed E-state index contributed by atoms with van der Waals surface area (Å²) in [6, 6.07) is 13.8. The van der Waals surface area contributed by atoms with Gasteiger partial charge in [0.1, 0.15) is 37.0 Å². The van der Waals surface area contributed by atoms with Gasteiger partial charge in [-0.05, 0) is 175 Å². The lowest BCUT2D eigenvalue weighted by Gasteiger charge is -2.35. The Hall–Kier alpha value is -13.9. The molecule has 1 saturated heterocycles. The van der Waals surface area contributed by atoms with Crippen molar-refractivity contribution in [1.82, 2.24) is 97.7 Å². The molecule has 15 N–H and O–H groups in total. The topological polar surface area (TPSA) is 475 Å². The maximum atomic E-state index is 5.66. The van der Waals surface area contributed by atoms with Crippen molar-refractivity contribution in [1.29, 1.82) is 0 Å². The van der Waals surface area contributed by atoms with Crippen molar-refractivity contribution in [3.8, 4) is 0 Å². The Bertz CT molecular complexity index is 4710. The molecule has 7 unspecified atom stereocenters. The Balaban J connectivity index is 0.000000181. The third kappa shape index (κ3) is 34.5. The van der Waals surface area contributed by atoms with Crippen molar-refractivity contribution in [2.45, 2.75) is 137 Å². The van der Waals surface area contributed by atoms with Crippen LogP contribution < -0.4 is 70.0 Å². The van der Waals surface area contributed by atoms with Gasteiger partial charge < -0.3 is 103 Å². The van der Waals surface area contributed by atoms with Crippen LogP contribution in [0.3, 0.4) is 0 Å². The number of nitrogens with two attached hydrogens (primary N) is 2. The molecular weight excluding hydrogens is 1600 g/mol. The summed E-state index contributed by atoms with van der Waals surface area (Å²) in [5, 5.41) is 34.1. The molecule has 125 heavy (non-hydrogen) atoms. The van der Waals surface area contributed by atoms with Gasteiger partial charge in [0, 0.05) is 137 Å². The molecule has 42 heteroatoms. The van der Waals surface area contributed by atoms with Gasteiger partial charge in [-0.25, -0.2) is 44.9 Å². The minimum absolute atomic E-state index is 0.0334. The van der Waals surface area contributed by atoms with Crippen LogP contribution in [0.2, 0.25) is 0 Å². The second kappa shape index (κ2) is 50.5. The molecule has 7 aliphatic heterocycles. The Morgan fingerprint density at radius 2 is 0.624 bits per heavy atom. The van der Waals surface area contributed by atoms with Gasteiger partial charge in [0.2, 0.25) is 41.7 Å². The van der Waals surface area contributed by atoms with Gasteiger partial charge in [0.25, 0.3) is 0 Å². The van der Waals surface area contributed by atoms with E-state index < -0.39 is 0 Å². The number of likely N-dealkylation sites (N-methyl/N-ethyl adjacent to an activating group) is 4. The Labute approximate surface area is 733 Å². The van der Waals surface area contributed by atoms with E-state index in [-0.39, 0.29) is 43.2 Å². The van der Waals surface area contributed by atoms with Gasteiger partial charge in [0.15, 0.2) is 41.7 Å². The zero-order valence-electron chi connectivity index (χ0n) is 75.9. The first-order chi connectivity index (χ1) is 60.0. The first-order valence-corrected chi connectivity index (χ1v) is 41.5. The van der Waals surface area contributed by atoms with E-state index in [1.54, 1.807) is 102 Å². The zero-order valence-corrected chi connectivity index (χ0v) is 75.9. The molecule has 0 amide bonds. The van der Waals surface area contributed by atoms with E-state index in [9.17, 15) is 0 Å². The Morgan fingerprint density at radius 3 is 1.02 bits per heavy atom. The second-order valence-corrected chi connectivity index (χ2v) is 30.2. The van der Waals surface area contributed by atoms with Gasteiger partial charge in [-0.1, -0.05) is 0 Å². The lowest BCUT2D eigenvalue weighted by atomic mass is 10.2. The third-order valence-corrected chi connectivity index (χ3v) is 18.7. The minimum atomic E-state index is -0.123. The third-order valence-electron chi connectivity index (χ3n) is 18.7. The first-order valence-electron chi connectivity index (χ1n) is 41.5. The quantitative estimate of drug-likeness (QED) is 0.0478. The molecule has 7 atom stereocenters. The van der Waals surface area contributed by atoms with Crippen LogP contribution >= 0.6 is 0 Å².